The van der Waals surface area contributed by atoms with Gasteiger partial charge in [-0.05, 0) is 25.3 Å². The van der Waals surface area contributed by atoms with E-state index in [-0.39, 0.29) is 11.6 Å². The number of para-hydroxylation sites is 1. The van der Waals surface area contributed by atoms with Crippen molar-refractivity contribution in [2.24, 2.45) is 5.73 Å². The first-order chi connectivity index (χ1) is 8.23. The summed E-state index contributed by atoms with van der Waals surface area (Å²) in [4.78, 5) is 0. The van der Waals surface area contributed by atoms with Crippen LogP contribution in [0.5, 0.6) is 5.75 Å². The minimum Gasteiger partial charge on any atom is -0.485 e. The number of benzene rings is 1. The van der Waals surface area contributed by atoms with Crippen molar-refractivity contribution in [2.45, 2.75) is 44.2 Å². The number of ether oxygens (including phenoxy) is 1. The zero-order valence-electron chi connectivity index (χ0n) is 10.5. The highest BCUT2D eigenvalue weighted by Gasteiger charge is 2.44. The van der Waals surface area contributed by atoms with E-state index in [0.717, 1.165) is 37.0 Å². The van der Waals surface area contributed by atoms with Crippen LogP contribution in [0.2, 0.25) is 0 Å². The van der Waals surface area contributed by atoms with Gasteiger partial charge in [0.1, 0.15) is 11.4 Å². The summed E-state index contributed by atoms with van der Waals surface area (Å²) in [5, 5.41) is 0. The first-order valence-corrected chi connectivity index (χ1v) is 6.38. The predicted octanol–water partition coefficient (Wildman–Crippen LogP) is 3.58. The summed E-state index contributed by atoms with van der Waals surface area (Å²) in [7, 11) is 0. The number of hydrogen-bond acceptors (Lipinski definition) is 2. The van der Waals surface area contributed by atoms with E-state index in [4.69, 9.17) is 10.5 Å². The molecule has 1 aromatic carbocycles. The van der Waals surface area contributed by atoms with Gasteiger partial charge in [-0.1, -0.05) is 37.6 Å². The van der Waals surface area contributed by atoms with Gasteiger partial charge in [0.15, 0.2) is 0 Å². The highest BCUT2D eigenvalue weighted by atomic mass is 16.5. The highest BCUT2D eigenvalue weighted by Crippen LogP contribution is 2.46. The molecule has 0 amide bonds. The lowest BCUT2D eigenvalue weighted by atomic mass is 9.84. The molecule has 0 fully saturated rings. The van der Waals surface area contributed by atoms with E-state index in [2.05, 4.69) is 19.6 Å². The average molecular weight is 231 g/mol. The van der Waals surface area contributed by atoms with Crippen LogP contribution in [-0.2, 0) is 0 Å². The molecule has 2 N–H and O–H groups in total. The molecule has 2 rings (SSSR count). The smallest absolute Gasteiger partial charge is 0.129 e. The van der Waals surface area contributed by atoms with Crippen LogP contribution in [0.3, 0.4) is 0 Å². The van der Waals surface area contributed by atoms with Crippen LogP contribution in [0.4, 0.5) is 0 Å². The zero-order chi connectivity index (χ0) is 12.3. The zero-order valence-corrected chi connectivity index (χ0v) is 10.5. The Labute approximate surface area is 103 Å². The summed E-state index contributed by atoms with van der Waals surface area (Å²) in [6, 6.07) is 8.10. The predicted molar refractivity (Wildman–Crippen MR) is 71.1 cm³/mol. The van der Waals surface area contributed by atoms with Crippen LogP contribution in [-0.4, -0.2) is 5.60 Å². The van der Waals surface area contributed by atoms with E-state index >= 15 is 0 Å². The molecule has 2 heteroatoms. The molecule has 0 aliphatic carbocycles. The van der Waals surface area contributed by atoms with Gasteiger partial charge in [0.05, 0.1) is 6.04 Å². The van der Waals surface area contributed by atoms with Crippen LogP contribution in [0.25, 0.3) is 0 Å². The maximum atomic E-state index is 6.39. The van der Waals surface area contributed by atoms with Crippen LogP contribution in [0.1, 0.15) is 44.2 Å². The first-order valence-electron chi connectivity index (χ1n) is 6.38. The third kappa shape index (κ3) is 2.09. The van der Waals surface area contributed by atoms with E-state index in [1.165, 1.54) is 0 Å². The van der Waals surface area contributed by atoms with Gasteiger partial charge in [-0.2, -0.15) is 0 Å². The first kappa shape index (κ1) is 12.2. The number of rotatable bonds is 5. The van der Waals surface area contributed by atoms with Gasteiger partial charge in [0.25, 0.3) is 0 Å². The van der Waals surface area contributed by atoms with Crippen molar-refractivity contribution in [3.63, 3.8) is 0 Å². The lowest BCUT2D eigenvalue weighted by molar-refractivity contribution is 0.0507. The fourth-order valence-corrected chi connectivity index (χ4v) is 2.70. The highest BCUT2D eigenvalue weighted by molar-refractivity contribution is 5.42. The Morgan fingerprint density at radius 3 is 2.82 bits per heavy atom. The molecular formula is C15H21NO. The molecular weight excluding hydrogens is 210 g/mol. The molecule has 0 spiro atoms. The Hall–Kier alpha value is -1.28. The fourth-order valence-electron chi connectivity index (χ4n) is 2.70. The Morgan fingerprint density at radius 2 is 2.18 bits per heavy atom. The lowest BCUT2D eigenvalue weighted by Crippen LogP contribution is -2.42. The summed E-state index contributed by atoms with van der Waals surface area (Å²) in [5.41, 5.74) is 7.31. The van der Waals surface area contributed by atoms with Crippen LogP contribution >= 0.6 is 0 Å². The molecule has 0 saturated carbocycles. The summed E-state index contributed by atoms with van der Waals surface area (Å²) < 4.78 is 6.18. The van der Waals surface area contributed by atoms with Crippen molar-refractivity contribution in [3.05, 3.63) is 42.5 Å². The summed E-state index contributed by atoms with van der Waals surface area (Å²) >= 11 is 0. The summed E-state index contributed by atoms with van der Waals surface area (Å²) in [6.45, 7) is 5.97. The molecule has 92 valence electrons. The van der Waals surface area contributed by atoms with Gasteiger partial charge in [0.2, 0.25) is 0 Å². The van der Waals surface area contributed by atoms with E-state index in [9.17, 15) is 0 Å². The molecule has 1 heterocycles. The van der Waals surface area contributed by atoms with E-state index in [1.54, 1.807) is 0 Å². The molecule has 1 unspecified atom stereocenters. The van der Waals surface area contributed by atoms with Crippen molar-refractivity contribution in [1.29, 1.82) is 0 Å². The van der Waals surface area contributed by atoms with E-state index in [0.29, 0.717) is 0 Å². The Balaban J connectivity index is 2.28. The maximum absolute atomic E-state index is 6.39. The molecule has 17 heavy (non-hydrogen) atoms. The fraction of sp³-hybridized carbons (Fsp3) is 0.467. The summed E-state index contributed by atoms with van der Waals surface area (Å²) in [5.74, 6) is 0.956. The molecule has 0 aromatic heterocycles. The molecule has 1 aliphatic heterocycles. The quantitative estimate of drug-likeness (QED) is 0.786. The van der Waals surface area contributed by atoms with Crippen LogP contribution < -0.4 is 10.5 Å². The molecule has 2 atom stereocenters. The van der Waals surface area contributed by atoms with Gasteiger partial charge >= 0.3 is 0 Å². The third-order valence-corrected chi connectivity index (χ3v) is 3.58. The van der Waals surface area contributed by atoms with Gasteiger partial charge < -0.3 is 10.5 Å². The molecule has 1 aliphatic rings. The number of fused-ring (bicyclic) bond motifs is 1. The van der Waals surface area contributed by atoms with Gasteiger partial charge in [0, 0.05) is 5.56 Å². The molecule has 1 aromatic rings. The van der Waals surface area contributed by atoms with Crippen molar-refractivity contribution < 1.29 is 4.74 Å². The SMILES string of the molecule is C=CCCC1(CCC)Oc2ccccc2[C@H]1N. The lowest BCUT2D eigenvalue weighted by Gasteiger charge is -2.32. The van der Waals surface area contributed by atoms with Gasteiger partial charge in [-0.15, -0.1) is 6.58 Å². The molecule has 0 bridgehead atoms. The molecule has 0 radical (unpaired) electrons. The van der Waals surface area contributed by atoms with Crippen LogP contribution in [0.15, 0.2) is 36.9 Å². The maximum Gasteiger partial charge on any atom is 0.129 e. The van der Waals surface area contributed by atoms with Crippen molar-refractivity contribution in [2.75, 3.05) is 0 Å². The normalized spacial score (nSPS) is 26.4. The Kier molecular flexibility index (Phi) is 3.53. The van der Waals surface area contributed by atoms with E-state index in [1.807, 2.05) is 24.3 Å². The van der Waals surface area contributed by atoms with E-state index < -0.39 is 0 Å². The number of allylic oxidation sites excluding steroid dienone is 1. The number of hydrogen-bond donors (Lipinski definition) is 1. The average Bonchev–Trinajstić information content (AvgIpc) is 2.62. The summed E-state index contributed by atoms with van der Waals surface area (Å²) in [6.07, 6.45) is 5.91. The van der Waals surface area contributed by atoms with Gasteiger partial charge in [-0.25, -0.2) is 0 Å². The van der Waals surface area contributed by atoms with Crippen LogP contribution in [0, 0.1) is 0 Å². The monoisotopic (exact) mass is 231 g/mol. The Morgan fingerprint density at radius 1 is 1.41 bits per heavy atom. The third-order valence-electron chi connectivity index (χ3n) is 3.58. The van der Waals surface area contributed by atoms with Crippen molar-refractivity contribution in [1.82, 2.24) is 0 Å². The van der Waals surface area contributed by atoms with Gasteiger partial charge in [-0.3, -0.25) is 0 Å². The minimum absolute atomic E-state index is 0.0152. The topological polar surface area (TPSA) is 35.2 Å². The standard InChI is InChI=1S/C15H21NO/c1-3-5-11-15(10-4-2)14(16)12-8-6-7-9-13(12)17-15/h3,6-9,14H,1,4-5,10-11,16H2,2H3/t14-,15?/m1/s1. The second kappa shape index (κ2) is 4.92. The van der Waals surface area contributed by atoms with Crippen molar-refractivity contribution >= 4 is 0 Å². The minimum atomic E-state index is -0.230. The van der Waals surface area contributed by atoms with Crippen molar-refractivity contribution in [3.8, 4) is 5.75 Å². The largest absolute Gasteiger partial charge is 0.485 e. The number of nitrogens with two attached hydrogens (primary N) is 1. The molecule has 2 nitrogen and oxygen atoms in total. The Bertz CT molecular complexity index is 402. The second-order valence-corrected chi connectivity index (χ2v) is 4.76. The molecule has 0 saturated heterocycles. The second-order valence-electron chi connectivity index (χ2n) is 4.76.